The number of para-hydroxylation sites is 1. The second-order valence-electron chi connectivity index (χ2n) is 5.07. The average molecular weight is 285 g/mol. The zero-order valence-corrected chi connectivity index (χ0v) is 11.3. The predicted molar refractivity (Wildman–Crippen MR) is 75.4 cm³/mol. The molecule has 2 atom stereocenters. The highest BCUT2D eigenvalue weighted by Crippen LogP contribution is 2.34. The first-order valence-electron chi connectivity index (χ1n) is 6.73. The predicted octanol–water partition coefficient (Wildman–Crippen LogP) is 0.717. The molecule has 0 radical (unpaired) electrons. The van der Waals surface area contributed by atoms with Gasteiger partial charge in [-0.3, -0.25) is 9.59 Å². The summed E-state index contributed by atoms with van der Waals surface area (Å²) in [6.45, 7) is 0. The summed E-state index contributed by atoms with van der Waals surface area (Å²) in [5, 5.41) is 10.5. The van der Waals surface area contributed by atoms with E-state index in [-0.39, 0.29) is 17.7 Å². The quantitative estimate of drug-likeness (QED) is 0.863. The largest absolute Gasteiger partial charge is 0.369 e. The highest BCUT2D eigenvalue weighted by atomic mass is 16.2. The van der Waals surface area contributed by atoms with Gasteiger partial charge in [0.15, 0.2) is 5.82 Å². The fraction of sp³-hybridized carbons (Fsp3) is 0.286. The molecule has 0 bridgehead atoms. The third-order valence-corrected chi connectivity index (χ3v) is 3.74. The summed E-state index contributed by atoms with van der Waals surface area (Å²) < 4.78 is 1.57. The van der Waals surface area contributed by atoms with Gasteiger partial charge in [0.25, 0.3) is 0 Å². The lowest BCUT2D eigenvalue weighted by Gasteiger charge is -2.32. The van der Waals surface area contributed by atoms with Crippen LogP contribution in [0.15, 0.2) is 36.5 Å². The summed E-state index contributed by atoms with van der Waals surface area (Å²) >= 11 is 0. The fourth-order valence-electron chi connectivity index (χ4n) is 2.40. The smallest absolute Gasteiger partial charge is 0.229 e. The van der Waals surface area contributed by atoms with Crippen LogP contribution in [-0.4, -0.2) is 26.8 Å². The summed E-state index contributed by atoms with van der Waals surface area (Å²) in [7, 11) is 0. The minimum absolute atomic E-state index is 0.231. The number of anilines is 1. The van der Waals surface area contributed by atoms with Crippen LogP contribution in [0.2, 0.25) is 0 Å². The van der Waals surface area contributed by atoms with Crippen LogP contribution in [0.4, 0.5) is 5.82 Å². The second kappa shape index (κ2) is 5.35. The van der Waals surface area contributed by atoms with Gasteiger partial charge in [-0.05, 0) is 25.0 Å². The number of benzene rings is 1. The number of aromatic nitrogens is 3. The molecule has 21 heavy (non-hydrogen) atoms. The van der Waals surface area contributed by atoms with E-state index in [9.17, 15) is 9.59 Å². The molecule has 7 nitrogen and oxygen atoms in total. The van der Waals surface area contributed by atoms with Crippen LogP contribution in [0.5, 0.6) is 0 Å². The highest BCUT2D eigenvalue weighted by molar-refractivity contribution is 5.96. The number of primary amides is 1. The van der Waals surface area contributed by atoms with Gasteiger partial charge >= 0.3 is 0 Å². The number of nitrogens with zero attached hydrogens (tertiary/aromatic N) is 3. The zero-order valence-electron chi connectivity index (χ0n) is 11.3. The van der Waals surface area contributed by atoms with Gasteiger partial charge in [-0.1, -0.05) is 23.4 Å². The third-order valence-electron chi connectivity index (χ3n) is 3.74. The number of carbonyl (C=O) groups excluding carboxylic acids is 2. The maximum Gasteiger partial charge on any atom is 0.229 e. The maximum atomic E-state index is 12.1. The van der Waals surface area contributed by atoms with Crippen LogP contribution in [0.25, 0.3) is 5.69 Å². The number of amides is 2. The molecule has 3 rings (SSSR count). The molecule has 1 aliphatic carbocycles. The van der Waals surface area contributed by atoms with Crippen LogP contribution in [0.1, 0.15) is 12.8 Å². The summed E-state index contributed by atoms with van der Waals surface area (Å²) in [6, 6.07) is 9.45. The summed E-state index contributed by atoms with van der Waals surface area (Å²) in [4.78, 5) is 23.2. The lowest BCUT2D eigenvalue weighted by atomic mass is 9.72. The SMILES string of the molecule is NC(=O)C1CCC1C(=O)Nc1cn(-c2ccccc2)nn1. The van der Waals surface area contributed by atoms with Gasteiger partial charge in [-0.25, -0.2) is 4.68 Å². The van der Waals surface area contributed by atoms with E-state index in [0.29, 0.717) is 18.7 Å². The van der Waals surface area contributed by atoms with E-state index >= 15 is 0 Å². The number of rotatable bonds is 4. The molecule has 0 spiro atoms. The Morgan fingerprint density at radius 1 is 1.19 bits per heavy atom. The monoisotopic (exact) mass is 285 g/mol. The molecule has 1 saturated carbocycles. The van der Waals surface area contributed by atoms with Crippen molar-refractivity contribution >= 4 is 17.6 Å². The van der Waals surface area contributed by atoms with Gasteiger partial charge in [0.2, 0.25) is 11.8 Å². The van der Waals surface area contributed by atoms with Gasteiger partial charge in [0.1, 0.15) is 0 Å². The third kappa shape index (κ3) is 2.62. The summed E-state index contributed by atoms with van der Waals surface area (Å²) in [6.07, 6.45) is 2.97. The fourth-order valence-corrected chi connectivity index (χ4v) is 2.40. The first-order chi connectivity index (χ1) is 10.1. The molecule has 3 N–H and O–H groups in total. The van der Waals surface area contributed by atoms with Gasteiger partial charge in [-0.2, -0.15) is 0 Å². The van der Waals surface area contributed by atoms with Gasteiger partial charge in [0, 0.05) is 11.8 Å². The van der Waals surface area contributed by atoms with Crippen molar-refractivity contribution in [1.82, 2.24) is 15.0 Å². The Bertz CT molecular complexity index is 667. The van der Waals surface area contributed by atoms with Gasteiger partial charge < -0.3 is 11.1 Å². The van der Waals surface area contributed by atoms with Crippen LogP contribution in [0.3, 0.4) is 0 Å². The Labute approximate surface area is 121 Å². The van der Waals surface area contributed by atoms with Crippen molar-refractivity contribution in [1.29, 1.82) is 0 Å². The normalized spacial score (nSPS) is 20.6. The van der Waals surface area contributed by atoms with E-state index in [2.05, 4.69) is 15.6 Å². The summed E-state index contributed by atoms with van der Waals surface area (Å²) in [5.74, 6) is -1.02. The molecule has 2 amide bonds. The molecule has 0 saturated heterocycles. The Morgan fingerprint density at radius 3 is 2.52 bits per heavy atom. The molecule has 1 aromatic heterocycles. The average Bonchev–Trinajstić information content (AvgIpc) is 2.86. The standard InChI is InChI=1S/C14H15N5O2/c15-13(20)10-6-7-11(10)14(21)16-12-8-19(18-17-12)9-4-2-1-3-5-9/h1-5,8,10-11H,6-7H2,(H2,15,20)(H,16,21). The maximum absolute atomic E-state index is 12.1. The lowest BCUT2D eigenvalue weighted by molar-refractivity contribution is -0.135. The number of hydrogen-bond donors (Lipinski definition) is 2. The molecule has 0 aliphatic heterocycles. The molecule has 1 heterocycles. The molecule has 1 aliphatic rings. The number of nitrogens with one attached hydrogen (secondary N) is 1. The number of carbonyl (C=O) groups is 2. The van der Waals surface area contributed by atoms with Crippen molar-refractivity contribution in [3.05, 3.63) is 36.5 Å². The van der Waals surface area contributed by atoms with Crippen LogP contribution in [-0.2, 0) is 9.59 Å². The zero-order chi connectivity index (χ0) is 14.8. The Balaban J connectivity index is 1.68. The van der Waals surface area contributed by atoms with Gasteiger partial charge in [-0.15, -0.1) is 5.10 Å². The molecule has 7 heteroatoms. The molecule has 2 aromatic rings. The molecular weight excluding hydrogens is 270 g/mol. The van der Waals surface area contributed by atoms with E-state index in [0.717, 1.165) is 5.69 Å². The van der Waals surface area contributed by atoms with E-state index in [1.54, 1.807) is 10.9 Å². The number of nitrogens with two attached hydrogens (primary N) is 1. The number of hydrogen-bond acceptors (Lipinski definition) is 4. The van der Waals surface area contributed by atoms with Crippen molar-refractivity contribution in [2.75, 3.05) is 5.32 Å². The Morgan fingerprint density at radius 2 is 1.90 bits per heavy atom. The van der Waals surface area contributed by atoms with Crippen LogP contribution >= 0.6 is 0 Å². The van der Waals surface area contributed by atoms with Crippen molar-refractivity contribution < 1.29 is 9.59 Å². The van der Waals surface area contributed by atoms with E-state index < -0.39 is 5.91 Å². The Hall–Kier alpha value is -2.70. The minimum atomic E-state index is -0.422. The topological polar surface area (TPSA) is 103 Å². The van der Waals surface area contributed by atoms with E-state index in [4.69, 9.17) is 5.73 Å². The highest BCUT2D eigenvalue weighted by Gasteiger charge is 2.40. The van der Waals surface area contributed by atoms with Crippen molar-refractivity contribution in [3.63, 3.8) is 0 Å². The van der Waals surface area contributed by atoms with Crippen LogP contribution in [0, 0.1) is 11.8 Å². The van der Waals surface area contributed by atoms with Crippen LogP contribution < -0.4 is 11.1 Å². The first kappa shape index (κ1) is 13.3. The lowest BCUT2D eigenvalue weighted by Crippen LogP contribution is -2.43. The minimum Gasteiger partial charge on any atom is -0.369 e. The molecule has 108 valence electrons. The van der Waals surface area contributed by atoms with Crippen molar-refractivity contribution in [2.45, 2.75) is 12.8 Å². The van der Waals surface area contributed by atoms with E-state index in [1.807, 2.05) is 30.3 Å². The molecule has 1 aromatic carbocycles. The summed E-state index contributed by atoms with van der Waals surface area (Å²) in [5.41, 5.74) is 6.10. The van der Waals surface area contributed by atoms with Crippen molar-refractivity contribution in [2.24, 2.45) is 17.6 Å². The molecular formula is C14H15N5O2. The molecule has 2 unspecified atom stereocenters. The second-order valence-corrected chi connectivity index (χ2v) is 5.07. The Kier molecular flexibility index (Phi) is 3.39. The van der Waals surface area contributed by atoms with Crippen molar-refractivity contribution in [3.8, 4) is 5.69 Å². The van der Waals surface area contributed by atoms with E-state index in [1.165, 1.54) is 0 Å². The first-order valence-corrected chi connectivity index (χ1v) is 6.73. The molecule has 1 fully saturated rings. The van der Waals surface area contributed by atoms with Gasteiger partial charge in [0.05, 0.1) is 11.9 Å².